The van der Waals surface area contributed by atoms with Crippen LogP contribution in [-0.4, -0.2) is 47.8 Å². The molecular weight excluding hydrogens is 294 g/mol. The molecule has 0 bridgehead atoms. The number of amides is 2. The van der Waals surface area contributed by atoms with Crippen LogP contribution in [0.15, 0.2) is 30.5 Å². The number of hydrogen-bond donors (Lipinski definition) is 2. The third-order valence-electron chi connectivity index (χ3n) is 4.36. The van der Waals surface area contributed by atoms with Gasteiger partial charge in [-0.15, -0.1) is 0 Å². The number of anilines is 1. The average Bonchev–Trinajstić information content (AvgIpc) is 2.61. The number of aliphatic hydroxyl groups excluding tert-OH is 1. The van der Waals surface area contributed by atoms with Gasteiger partial charge in [-0.1, -0.05) is 6.07 Å². The minimum atomic E-state index is -0.107. The summed E-state index contributed by atoms with van der Waals surface area (Å²) in [7, 11) is 1.58. The third kappa shape index (κ3) is 3.22. The maximum Gasteiger partial charge on any atom is 0.321 e. The molecule has 0 radical (unpaired) electrons. The zero-order valence-electron chi connectivity index (χ0n) is 13.2. The number of nitrogens with one attached hydrogen (secondary N) is 1. The smallest absolute Gasteiger partial charge is 0.321 e. The monoisotopic (exact) mass is 315 g/mol. The fourth-order valence-corrected chi connectivity index (χ4v) is 2.96. The summed E-state index contributed by atoms with van der Waals surface area (Å²) in [6.45, 7) is 1.55. The number of methoxy groups -OCH3 is 1. The number of hydrogen-bond acceptors (Lipinski definition) is 4. The third-order valence-corrected chi connectivity index (χ3v) is 4.36. The maximum atomic E-state index is 12.5. The number of nitrogens with zero attached hydrogens (tertiary/aromatic N) is 2. The molecule has 1 aliphatic heterocycles. The van der Waals surface area contributed by atoms with Crippen molar-refractivity contribution in [2.75, 3.05) is 32.1 Å². The highest BCUT2D eigenvalue weighted by atomic mass is 16.5. The van der Waals surface area contributed by atoms with Crippen molar-refractivity contribution in [3.63, 3.8) is 0 Å². The Kier molecular flexibility index (Phi) is 4.62. The Balaban J connectivity index is 1.78. The van der Waals surface area contributed by atoms with Gasteiger partial charge in [0.25, 0.3) is 0 Å². The molecule has 23 heavy (non-hydrogen) atoms. The van der Waals surface area contributed by atoms with E-state index in [9.17, 15) is 9.90 Å². The lowest BCUT2D eigenvalue weighted by atomic mass is 9.98. The van der Waals surface area contributed by atoms with Gasteiger partial charge in [0.15, 0.2) is 0 Å². The molecule has 6 nitrogen and oxygen atoms in total. The van der Waals surface area contributed by atoms with Crippen LogP contribution in [-0.2, 0) is 0 Å². The molecule has 1 saturated heterocycles. The van der Waals surface area contributed by atoms with Crippen LogP contribution >= 0.6 is 0 Å². The molecule has 2 heterocycles. The SMILES string of the molecule is COc1nccc2c(NC(=O)N3CCC(CO)CC3)cccc12. The zero-order chi connectivity index (χ0) is 16.2. The highest BCUT2D eigenvalue weighted by molar-refractivity contribution is 6.03. The van der Waals surface area contributed by atoms with Crippen molar-refractivity contribution in [3.05, 3.63) is 30.5 Å². The van der Waals surface area contributed by atoms with Crippen LogP contribution in [0.5, 0.6) is 5.88 Å². The maximum absolute atomic E-state index is 12.5. The molecule has 1 aliphatic rings. The second-order valence-electron chi connectivity index (χ2n) is 5.76. The van der Waals surface area contributed by atoms with E-state index in [-0.39, 0.29) is 12.6 Å². The number of benzene rings is 1. The minimum Gasteiger partial charge on any atom is -0.481 e. The van der Waals surface area contributed by atoms with Crippen molar-refractivity contribution in [3.8, 4) is 5.88 Å². The van der Waals surface area contributed by atoms with Gasteiger partial charge in [0, 0.05) is 36.7 Å². The number of fused-ring (bicyclic) bond motifs is 1. The van der Waals surface area contributed by atoms with Crippen molar-refractivity contribution in [2.45, 2.75) is 12.8 Å². The van der Waals surface area contributed by atoms with Gasteiger partial charge in [-0.3, -0.25) is 0 Å². The van der Waals surface area contributed by atoms with E-state index < -0.39 is 0 Å². The second kappa shape index (κ2) is 6.83. The van der Waals surface area contributed by atoms with E-state index in [1.807, 2.05) is 24.3 Å². The standard InChI is InChI=1S/C17H21N3O3/c1-23-16-14-3-2-4-15(13(14)5-8-18-16)19-17(22)20-9-6-12(11-21)7-10-20/h2-5,8,12,21H,6-7,9-11H2,1H3,(H,19,22). The first kappa shape index (κ1) is 15.6. The van der Waals surface area contributed by atoms with Gasteiger partial charge < -0.3 is 20.1 Å². The van der Waals surface area contributed by atoms with Crippen LogP contribution in [0.1, 0.15) is 12.8 Å². The Hall–Kier alpha value is -2.34. The summed E-state index contributed by atoms with van der Waals surface area (Å²) in [5, 5.41) is 13.9. The van der Waals surface area contributed by atoms with Crippen LogP contribution in [0.25, 0.3) is 10.8 Å². The Bertz CT molecular complexity index is 697. The second-order valence-corrected chi connectivity index (χ2v) is 5.76. The summed E-state index contributed by atoms with van der Waals surface area (Å²) in [5.74, 6) is 0.856. The predicted octanol–water partition coefficient (Wildman–Crippen LogP) is 2.48. The normalized spacial score (nSPS) is 15.7. The number of pyridine rings is 1. The molecule has 2 aromatic rings. The van der Waals surface area contributed by atoms with E-state index in [1.54, 1.807) is 18.2 Å². The number of aromatic nitrogens is 1. The molecule has 2 amide bonds. The summed E-state index contributed by atoms with van der Waals surface area (Å²) in [6.07, 6.45) is 3.36. The largest absolute Gasteiger partial charge is 0.481 e. The van der Waals surface area contributed by atoms with Crippen molar-refractivity contribution in [1.82, 2.24) is 9.88 Å². The highest BCUT2D eigenvalue weighted by Crippen LogP contribution is 2.29. The van der Waals surface area contributed by atoms with Crippen LogP contribution in [0, 0.1) is 5.92 Å². The van der Waals surface area contributed by atoms with Gasteiger partial charge in [0.05, 0.1) is 12.8 Å². The van der Waals surface area contributed by atoms with Crippen molar-refractivity contribution >= 4 is 22.5 Å². The Morgan fingerprint density at radius 3 is 2.83 bits per heavy atom. The fourth-order valence-electron chi connectivity index (χ4n) is 2.96. The zero-order valence-corrected chi connectivity index (χ0v) is 13.2. The number of ether oxygens (including phenoxy) is 1. The molecule has 122 valence electrons. The van der Waals surface area contributed by atoms with Crippen LogP contribution in [0.3, 0.4) is 0 Å². The van der Waals surface area contributed by atoms with Crippen molar-refractivity contribution < 1.29 is 14.6 Å². The first-order valence-electron chi connectivity index (χ1n) is 7.81. The van der Waals surface area contributed by atoms with Gasteiger partial charge in [0.2, 0.25) is 5.88 Å². The number of urea groups is 1. The first-order chi connectivity index (χ1) is 11.2. The average molecular weight is 315 g/mol. The van der Waals surface area contributed by atoms with Gasteiger partial charge in [-0.2, -0.15) is 0 Å². The molecule has 1 aromatic heterocycles. The van der Waals surface area contributed by atoms with E-state index in [2.05, 4.69) is 10.3 Å². The summed E-state index contributed by atoms with van der Waals surface area (Å²) in [4.78, 5) is 18.4. The topological polar surface area (TPSA) is 74.7 Å². The van der Waals surface area contributed by atoms with Gasteiger partial charge >= 0.3 is 6.03 Å². The Morgan fingerprint density at radius 1 is 1.35 bits per heavy atom. The summed E-state index contributed by atoms with van der Waals surface area (Å²) >= 11 is 0. The lowest BCUT2D eigenvalue weighted by Gasteiger charge is -2.31. The molecule has 3 rings (SSSR count). The minimum absolute atomic E-state index is 0.107. The van der Waals surface area contributed by atoms with Crippen LogP contribution in [0.4, 0.5) is 10.5 Å². The summed E-state index contributed by atoms with van der Waals surface area (Å²) in [5.41, 5.74) is 0.748. The number of carbonyl (C=O) groups is 1. The highest BCUT2D eigenvalue weighted by Gasteiger charge is 2.22. The molecular formula is C17H21N3O3. The van der Waals surface area contributed by atoms with Crippen LogP contribution < -0.4 is 10.1 Å². The fraction of sp³-hybridized carbons (Fsp3) is 0.412. The summed E-state index contributed by atoms with van der Waals surface area (Å²) in [6, 6.07) is 7.43. The molecule has 0 saturated carbocycles. The summed E-state index contributed by atoms with van der Waals surface area (Å²) < 4.78 is 5.27. The number of likely N-dealkylation sites (tertiary alicyclic amines) is 1. The molecule has 1 aromatic carbocycles. The van der Waals surface area contributed by atoms with Gasteiger partial charge in [-0.05, 0) is 37.0 Å². The van der Waals surface area contributed by atoms with E-state index in [1.165, 1.54) is 0 Å². The Labute approximate surface area is 135 Å². The van der Waals surface area contributed by atoms with E-state index in [4.69, 9.17) is 4.74 Å². The van der Waals surface area contributed by atoms with E-state index in [0.29, 0.717) is 24.9 Å². The van der Waals surface area contributed by atoms with Crippen molar-refractivity contribution in [2.24, 2.45) is 5.92 Å². The molecule has 2 N–H and O–H groups in total. The number of aliphatic hydroxyl groups is 1. The van der Waals surface area contributed by atoms with Gasteiger partial charge in [0.1, 0.15) is 0 Å². The Morgan fingerprint density at radius 2 is 2.13 bits per heavy atom. The number of piperidine rings is 1. The molecule has 0 spiro atoms. The quantitative estimate of drug-likeness (QED) is 0.912. The number of rotatable bonds is 3. The molecule has 0 unspecified atom stereocenters. The molecule has 1 fully saturated rings. The lowest BCUT2D eigenvalue weighted by molar-refractivity contribution is 0.143. The molecule has 0 aliphatic carbocycles. The van der Waals surface area contributed by atoms with Crippen LogP contribution in [0.2, 0.25) is 0 Å². The lowest BCUT2D eigenvalue weighted by Crippen LogP contribution is -2.41. The molecule has 6 heteroatoms. The first-order valence-corrected chi connectivity index (χ1v) is 7.81. The van der Waals surface area contributed by atoms with E-state index in [0.717, 1.165) is 29.3 Å². The van der Waals surface area contributed by atoms with Gasteiger partial charge in [-0.25, -0.2) is 9.78 Å². The predicted molar refractivity (Wildman–Crippen MR) is 88.7 cm³/mol. The van der Waals surface area contributed by atoms with Crippen molar-refractivity contribution in [1.29, 1.82) is 0 Å². The number of carbonyl (C=O) groups excluding carboxylic acids is 1. The van der Waals surface area contributed by atoms with E-state index >= 15 is 0 Å². The molecule has 0 atom stereocenters.